The molecule has 96 valence electrons. The third-order valence-corrected chi connectivity index (χ3v) is 4.39. The predicted octanol–water partition coefficient (Wildman–Crippen LogP) is 4.35. The molecular weight excluding hydrogens is 220 g/mol. The molecule has 0 aromatic heterocycles. The van der Waals surface area contributed by atoms with E-state index in [-0.39, 0.29) is 0 Å². The first-order valence-electron chi connectivity index (χ1n) is 6.96. The zero-order valence-corrected chi connectivity index (χ0v) is 11.2. The number of nitrogens with zero attached hydrogens (tertiary/aromatic N) is 1. The van der Waals surface area contributed by atoms with E-state index in [1.54, 1.807) is 0 Å². The fourth-order valence-corrected chi connectivity index (χ4v) is 2.97. The molecule has 0 radical (unpaired) electrons. The van der Waals surface area contributed by atoms with E-state index in [0.29, 0.717) is 11.5 Å². The van der Waals surface area contributed by atoms with Gasteiger partial charge in [-0.05, 0) is 49.7 Å². The van der Waals surface area contributed by atoms with Crippen LogP contribution in [0.1, 0.15) is 45.4 Å². The lowest BCUT2D eigenvalue weighted by Gasteiger charge is -2.38. The number of para-hydroxylation sites is 1. The predicted molar refractivity (Wildman–Crippen MR) is 75.3 cm³/mol. The van der Waals surface area contributed by atoms with Crippen molar-refractivity contribution in [2.24, 2.45) is 5.41 Å². The number of anilines is 1. The molecule has 1 fully saturated rings. The minimum Gasteiger partial charge on any atom is -0.382 e. The molecule has 0 unspecified atom stereocenters. The van der Waals surface area contributed by atoms with Crippen LogP contribution in [0.15, 0.2) is 30.3 Å². The van der Waals surface area contributed by atoms with Crippen LogP contribution in [-0.2, 0) is 0 Å². The van der Waals surface area contributed by atoms with Crippen LogP contribution in [0.2, 0.25) is 0 Å². The summed E-state index contributed by atoms with van der Waals surface area (Å²) in [6.07, 6.45) is 6.60. The lowest BCUT2D eigenvalue weighted by molar-refractivity contribution is 0.177. The van der Waals surface area contributed by atoms with E-state index in [0.717, 1.165) is 12.8 Å². The van der Waals surface area contributed by atoms with Crippen LogP contribution in [0.5, 0.6) is 0 Å². The largest absolute Gasteiger partial charge is 0.382 e. The summed E-state index contributed by atoms with van der Waals surface area (Å²) in [6, 6.07) is 13.4. The van der Waals surface area contributed by atoms with Crippen molar-refractivity contribution in [1.82, 2.24) is 0 Å². The molecule has 1 aliphatic carbocycles. The molecule has 1 aromatic rings. The first kappa shape index (κ1) is 13.0. The summed E-state index contributed by atoms with van der Waals surface area (Å²) in [5.74, 6) is 0. The van der Waals surface area contributed by atoms with Crippen molar-refractivity contribution in [3.63, 3.8) is 0 Å². The Kier molecular flexibility index (Phi) is 4.25. The van der Waals surface area contributed by atoms with Gasteiger partial charge in [0, 0.05) is 18.2 Å². The molecule has 2 rings (SSSR count). The Morgan fingerprint density at radius 1 is 1.28 bits per heavy atom. The van der Waals surface area contributed by atoms with Gasteiger partial charge in [-0.25, -0.2) is 0 Å². The molecule has 0 aliphatic heterocycles. The smallest absolute Gasteiger partial charge is 0.0627 e. The zero-order chi connectivity index (χ0) is 12.8. The van der Waals surface area contributed by atoms with Crippen LogP contribution in [0.25, 0.3) is 0 Å². The maximum atomic E-state index is 8.95. The van der Waals surface area contributed by atoms with Crippen molar-refractivity contribution in [1.29, 1.82) is 5.26 Å². The van der Waals surface area contributed by atoms with Crippen LogP contribution >= 0.6 is 0 Å². The van der Waals surface area contributed by atoms with Gasteiger partial charge in [0.1, 0.15) is 0 Å². The summed E-state index contributed by atoms with van der Waals surface area (Å²) in [4.78, 5) is 0. The molecule has 0 bridgehead atoms. The Labute approximate surface area is 110 Å². The fourth-order valence-electron chi connectivity index (χ4n) is 2.97. The standard InChI is InChI=1S/C16H22N2/c1-2-16(12-13-17)10-8-15(9-11-16)18-14-6-4-3-5-7-14/h3-7,15,18H,2,8-12H2,1H3. The van der Waals surface area contributed by atoms with Gasteiger partial charge in [0.25, 0.3) is 0 Å². The summed E-state index contributed by atoms with van der Waals surface area (Å²) in [6.45, 7) is 2.22. The van der Waals surface area contributed by atoms with Gasteiger partial charge < -0.3 is 5.32 Å². The molecule has 0 saturated heterocycles. The summed E-state index contributed by atoms with van der Waals surface area (Å²) in [5, 5.41) is 12.6. The first-order valence-corrected chi connectivity index (χ1v) is 6.96. The maximum absolute atomic E-state index is 8.95. The van der Waals surface area contributed by atoms with Crippen LogP contribution in [-0.4, -0.2) is 6.04 Å². The number of benzene rings is 1. The number of rotatable bonds is 4. The van der Waals surface area contributed by atoms with Crippen LogP contribution in [0, 0.1) is 16.7 Å². The summed E-state index contributed by atoms with van der Waals surface area (Å²) in [7, 11) is 0. The van der Waals surface area contributed by atoms with E-state index in [4.69, 9.17) is 5.26 Å². The van der Waals surface area contributed by atoms with Gasteiger partial charge in [-0.15, -0.1) is 0 Å². The average molecular weight is 242 g/mol. The van der Waals surface area contributed by atoms with E-state index in [9.17, 15) is 0 Å². The average Bonchev–Trinajstić information content (AvgIpc) is 2.43. The van der Waals surface area contributed by atoms with Gasteiger partial charge in [-0.2, -0.15) is 5.26 Å². The Morgan fingerprint density at radius 2 is 1.94 bits per heavy atom. The summed E-state index contributed by atoms with van der Waals surface area (Å²) >= 11 is 0. The Bertz CT molecular complexity index is 397. The minimum absolute atomic E-state index is 0.295. The molecule has 1 aliphatic rings. The number of hydrogen-bond donors (Lipinski definition) is 1. The normalized spacial score (nSPS) is 27.4. The van der Waals surface area contributed by atoms with Gasteiger partial charge in [0.2, 0.25) is 0 Å². The molecular formula is C16H22N2. The van der Waals surface area contributed by atoms with Gasteiger partial charge >= 0.3 is 0 Å². The topological polar surface area (TPSA) is 35.8 Å². The van der Waals surface area contributed by atoms with Crippen LogP contribution in [0.3, 0.4) is 0 Å². The van der Waals surface area contributed by atoms with Crippen LogP contribution < -0.4 is 5.32 Å². The van der Waals surface area contributed by atoms with E-state index >= 15 is 0 Å². The van der Waals surface area contributed by atoms with Gasteiger partial charge in [0.15, 0.2) is 0 Å². The maximum Gasteiger partial charge on any atom is 0.0627 e. The number of nitriles is 1. The van der Waals surface area contributed by atoms with E-state index in [1.165, 1.54) is 31.4 Å². The molecule has 1 aromatic carbocycles. The van der Waals surface area contributed by atoms with Crippen molar-refractivity contribution >= 4 is 5.69 Å². The highest BCUT2D eigenvalue weighted by Gasteiger charge is 2.33. The third-order valence-electron chi connectivity index (χ3n) is 4.39. The Balaban J connectivity index is 1.89. The molecule has 0 atom stereocenters. The SMILES string of the molecule is CCC1(CC#N)CCC(Nc2ccccc2)CC1. The van der Waals surface area contributed by atoms with E-state index in [1.807, 2.05) is 6.07 Å². The third kappa shape index (κ3) is 3.04. The lowest BCUT2D eigenvalue weighted by Crippen LogP contribution is -2.32. The molecule has 0 amide bonds. The van der Waals surface area contributed by atoms with E-state index < -0.39 is 0 Å². The highest BCUT2D eigenvalue weighted by molar-refractivity contribution is 5.43. The quantitative estimate of drug-likeness (QED) is 0.852. The minimum atomic E-state index is 0.295. The molecule has 2 nitrogen and oxygen atoms in total. The summed E-state index contributed by atoms with van der Waals surface area (Å²) < 4.78 is 0. The molecule has 1 N–H and O–H groups in total. The first-order chi connectivity index (χ1) is 8.78. The van der Waals surface area contributed by atoms with Gasteiger partial charge in [-0.3, -0.25) is 0 Å². The Hall–Kier alpha value is -1.49. The highest BCUT2D eigenvalue weighted by Crippen LogP contribution is 2.42. The van der Waals surface area contributed by atoms with Crippen molar-refractivity contribution < 1.29 is 0 Å². The van der Waals surface area contributed by atoms with Gasteiger partial charge in [-0.1, -0.05) is 25.1 Å². The fraction of sp³-hybridized carbons (Fsp3) is 0.562. The number of nitrogens with one attached hydrogen (secondary N) is 1. The second-order valence-electron chi connectivity index (χ2n) is 5.47. The molecule has 2 heteroatoms. The molecule has 0 heterocycles. The van der Waals surface area contributed by atoms with Crippen molar-refractivity contribution in [2.45, 2.75) is 51.5 Å². The Morgan fingerprint density at radius 3 is 2.50 bits per heavy atom. The summed E-state index contributed by atoms with van der Waals surface area (Å²) in [5.41, 5.74) is 1.51. The second kappa shape index (κ2) is 5.91. The highest BCUT2D eigenvalue weighted by atomic mass is 14.9. The zero-order valence-electron chi connectivity index (χ0n) is 11.2. The monoisotopic (exact) mass is 242 g/mol. The van der Waals surface area contributed by atoms with Gasteiger partial charge in [0.05, 0.1) is 6.07 Å². The molecule has 0 spiro atoms. The van der Waals surface area contributed by atoms with Crippen LogP contribution in [0.4, 0.5) is 5.69 Å². The van der Waals surface area contributed by atoms with Crippen molar-refractivity contribution in [3.05, 3.63) is 30.3 Å². The molecule has 18 heavy (non-hydrogen) atoms. The lowest BCUT2D eigenvalue weighted by atomic mass is 9.69. The van der Waals surface area contributed by atoms with E-state index in [2.05, 4.69) is 42.6 Å². The van der Waals surface area contributed by atoms with Crippen molar-refractivity contribution in [3.8, 4) is 6.07 Å². The second-order valence-corrected chi connectivity index (χ2v) is 5.47. The van der Waals surface area contributed by atoms with Crippen molar-refractivity contribution in [2.75, 3.05) is 5.32 Å². The number of hydrogen-bond acceptors (Lipinski definition) is 2. The molecule has 1 saturated carbocycles.